The van der Waals surface area contributed by atoms with E-state index < -0.39 is 26.0 Å². The predicted octanol–water partition coefficient (Wildman–Crippen LogP) is 4.42. The van der Waals surface area contributed by atoms with E-state index in [0.29, 0.717) is 16.4 Å². The number of sulfonamides is 2. The molecule has 0 saturated heterocycles. The molecule has 1 amide bonds. The molecular weight excluding hydrogens is 554 g/mol. The SMILES string of the molecule is Cc1nc(NS(=O)(=O)c2ccc(Cl)cc2)sc1C(=O)Nc1ccc(S(=O)(=O)Nc2nccs2)cc1. The van der Waals surface area contributed by atoms with Crippen LogP contribution in [0.25, 0.3) is 0 Å². The molecule has 3 N–H and O–H groups in total. The first kappa shape index (κ1) is 25.1. The fourth-order valence-corrected chi connectivity index (χ4v) is 6.80. The number of anilines is 3. The molecule has 0 saturated carbocycles. The number of nitrogens with one attached hydrogen (secondary N) is 3. The van der Waals surface area contributed by atoms with Gasteiger partial charge < -0.3 is 5.32 Å². The molecule has 0 spiro atoms. The third-order valence-electron chi connectivity index (χ3n) is 4.42. The van der Waals surface area contributed by atoms with Crippen LogP contribution in [0.15, 0.2) is 69.9 Å². The fraction of sp³-hybridized carbons (Fsp3) is 0.0500. The van der Waals surface area contributed by atoms with Gasteiger partial charge in [0, 0.05) is 22.3 Å². The first-order valence-corrected chi connectivity index (χ1v) is 14.7. The maximum atomic E-state index is 12.7. The third-order valence-corrected chi connectivity index (χ3v) is 9.41. The van der Waals surface area contributed by atoms with Crippen LogP contribution in [-0.2, 0) is 20.0 Å². The topological polar surface area (TPSA) is 147 Å². The molecule has 0 fully saturated rings. The Balaban J connectivity index is 1.45. The Morgan fingerprint density at radius 1 is 0.886 bits per heavy atom. The summed E-state index contributed by atoms with van der Waals surface area (Å²) in [6.07, 6.45) is 1.48. The standard InChI is InChI=1S/C20H16ClN5O5S4/c1-12-17(33-20(23-12)26-35(30,31)15-6-2-13(21)3-7-15)18(27)24-14-4-8-16(9-5-14)34(28,29)25-19-22-10-11-32-19/h2-11H,1H3,(H,22,25)(H,23,26)(H,24,27). The molecule has 0 aliphatic carbocycles. The Bertz CT molecular complexity index is 1570. The van der Waals surface area contributed by atoms with Crippen molar-refractivity contribution in [2.45, 2.75) is 16.7 Å². The minimum absolute atomic E-state index is 0.000135. The first-order valence-electron chi connectivity index (χ1n) is 9.63. The van der Waals surface area contributed by atoms with E-state index in [4.69, 9.17) is 11.6 Å². The highest BCUT2D eigenvalue weighted by Gasteiger charge is 2.21. The molecule has 2 aromatic heterocycles. The van der Waals surface area contributed by atoms with Crippen molar-refractivity contribution in [3.63, 3.8) is 0 Å². The van der Waals surface area contributed by atoms with E-state index in [2.05, 4.69) is 24.7 Å². The highest BCUT2D eigenvalue weighted by Crippen LogP contribution is 2.27. The summed E-state index contributed by atoms with van der Waals surface area (Å²) in [4.78, 5) is 21.0. The van der Waals surface area contributed by atoms with Gasteiger partial charge in [-0.25, -0.2) is 26.8 Å². The number of hydrogen-bond donors (Lipinski definition) is 3. The van der Waals surface area contributed by atoms with Crippen molar-refractivity contribution >= 4 is 76.2 Å². The van der Waals surface area contributed by atoms with Gasteiger partial charge in [-0.2, -0.15) is 0 Å². The number of rotatable bonds is 8. The van der Waals surface area contributed by atoms with Gasteiger partial charge in [0.2, 0.25) is 0 Å². The van der Waals surface area contributed by atoms with Crippen molar-refractivity contribution in [2.75, 3.05) is 14.8 Å². The molecule has 4 aromatic rings. The summed E-state index contributed by atoms with van der Waals surface area (Å²) in [5.74, 6) is -0.520. The lowest BCUT2D eigenvalue weighted by Crippen LogP contribution is -2.14. The van der Waals surface area contributed by atoms with Crippen molar-refractivity contribution in [1.29, 1.82) is 0 Å². The van der Waals surface area contributed by atoms with E-state index in [0.717, 1.165) is 22.7 Å². The normalized spacial score (nSPS) is 11.7. The zero-order valence-electron chi connectivity index (χ0n) is 17.7. The van der Waals surface area contributed by atoms with E-state index in [1.165, 1.54) is 54.7 Å². The molecule has 0 unspecified atom stereocenters. The quantitative estimate of drug-likeness (QED) is 0.284. The average Bonchev–Trinajstić information content (AvgIpc) is 3.43. The Labute approximate surface area is 214 Å². The van der Waals surface area contributed by atoms with Crippen LogP contribution >= 0.6 is 34.3 Å². The van der Waals surface area contributed by atoms with Crippen LogP contribution in [0.5, 0.6) is 0 Å². The molecule has 0 aliphatic rings. The zero-order valence-corrected chi connectivity index (χ0v) is 21.7. The van der Waals surface area contributed by atoms with Crippen LogP contribution in [0.1, 0.15) is 15.4 Å². The van der Waals surface area contributed by atoms with Crippen molar-refractivity contribution < 1.29 is 21.6 Å². The molecule has 0 aliphatic heterocycles. The molecule has 0 atom stereocenters. The number of thiazole rings is 2. The van der Waals surface area contributed by atoms with Crippen molar-refractivity contribution in [3.05, 3.63) is 75.7 Å². The fourth-order valence-electron chi connectivity index (χ4n) is 2.79. The monoisotopic (exact) mass is 569 g/mol. The molecule has 15 heteroatoms. The molecule has 0 radical (unpaired) electrons. The second-order valence-electron chi connectivity index (χ2n) is 6.91. The van der Waals surface area contributed by atoms with Gasteiger partial charge in [0.15, 0.2) is 10.3 Å². The number of hydrogen-bond acceptors (Lipinski definition) is 9. The average molecular weight is 570 g/mol. The van der Waals surface area contributed by atoms with Crippen molar-refractivity contribution in [2.24, 2.45) is 0 Å². The second-order valence-corrected chi connectivity index (χ2v) is 12.6. The van der Waals surface area contributed by atoms with Gasteiger partial charge in [0.1, 0.15) is 4.88 Å². The van der Waals surface area contributed by atoms with Crippen molar-refractivity contribution in [1.82, 2.24) is 9.97 Å². The maximum Gasteiger partial charge on any atom is 0.267 e. The van der Waals surface area contributed by atoms with E-state index in [9.17, 15) is 21.6 Å². The zero-order chi connectivity index (χ0) is 25.2. The van der Waals surface area contributed by atoms with Gasteiger partial charge in [-0.15, -0.1) is 11.3 Å². The molecule has 10 nitrogen and oxygen atoms in total. The van der Waals surface area contributed by atoms with E-state index in [1.54, 1.807) is 12.3 Å². The lowest BCUT2D eigenvalue weighted by Gasteiger charge is -2.07. The molecular formula is C20H16ClN5O5S4. The van der Waals surface area contributed by atoms with Gasteiger partial charge in [0.25, 0.3) is 26.0 Å². The van der Waals surface area contributed by atoms with E-state index in [-0.39, 0.29) is 24.9 Å². The van der Waals surface area contributed by atoms with Gasteiger partial charge in [-0.1, -0.05) is 22.9 Å². The molecule has 182 valence electrons. The molecule has 2 aromatic carbocycles. The largest absolute Gasteiger partial charge is 0.321 e. The van der Waals surface area contributed by atoms with Gasteiger partial charge in [-0.05, 0) is 55.5 Å². The van der Waals surface area contributed by atoms with Gasteiger partial charge >= 0.3 is 0 Å². The first-order chi connectivity index (χ1) is 16.5. The van der Waals surface area contributed by atoms with Gasteiger partial charge in [0.05, 0.1) is 15.5 Å². The third kappa shape index (κ3) is 5.97. The molecule has 4 rings (SSSR count). The van der Waals surface area contributed by atoms with Crippen LogP contribution in [0.4, 0.5) is 16.0 Å². The Kier molecular flexibility index (Phi) is 7.10. The summed E-state index contributed by atoms with van der Waals surface area (Å²) in [5, 5.41) is 4.96. The number of carbonyl (C=O) groups excluding carboxylic acids is 1. The molecule has 0 bridgehead atoms. The summed E-state index contributed by atoms with van der Waals surface area (Å²) in [6.45, 7) is 1.57. The molecule has 2 heterocycles. The van der Waals surface area contributed by atoms with Crippen LogP contribution in [0, 0.1) is 6.92 Å². The summed E-state index contributed by atoms with van der Waals surface area (Å²) in [6, 6.07) is 11.2. The second kappa shape index (κ2) is 9.91. The van der Waals surface area contributed by atoms with Crippen molar-refractivity contribution in [3.8, 4) is 0 Å². The van der Waals surface area contributed by atoms with E-state index >= 15 is 0 Å². The number of carbonyl (C=O) groups is 1. The van der Waals surface area contributed by atoms with Crippen LogP contribution in [0.2, 0.25) is 5.02 Å². The number of amides is 1. The van der Waals surface area contributed by atoms with Crippen LogP contribution in [-0.4, -0.2) is 32.7 Å². The number of nitrogens with zero attached hydrogens (tertiary/aromatic N) is 2. The number of aryl methyl sites for hydroxylation is 1. The minimum atomic E-state index is -3.91. The Morgan fingerprint density at radius 2 is 1.46 bits per heavy atom. The van der Waals surface area contributed by atoms with Crippen LogP contribution in [0.3, 0.4) is 0 Å². The Morgan fingerprint density at radius 3 is 2.03 bits per heavy atom. The summed E-state index contributed by atoms with van der Waals surface area (Å²) < 4.78 is 54.7. The van der Waals surface area contributed by atoms with E-state index in [1.807, 2.05) is 0 Å². The predicted molar refractivity (Wildman–Crippen MR) is 136 cm³/mol. The number of aromatic nitrogens is 2. The maximum absolute atomic E-state index is 12.7. The highest BCUT2D eigenvalue weighted by atomic mass is 35.5. The Hall–Kier alpha value is -3.04. The number of halogens is 1. The number of benzene rings is 2. The highest BCUT2D eigenvalue weighted by molar-refractivity contribution is 7.93. The summed E-state index contributed by atoms with van der Waals surface area (Å²) >= 11 is 7.82. The lowest BCUT2D eigenvalue weighted by molar-refractivity contribution is 0.103. The molecule has 35 heavy (non-hydrogen) atoms. The minimum Gasteiger partial charge on any atom is -0.321 e. The lowest BCUT2D eigenvalue weighted by atomic mass is 10.3. The summed E-state index contributed by atoms with van der Waals surface area (Å²) in [7, 11) is -7.74. The summed E-state index contributed by atoms with van der Waals surface area (Å²) in [5.41, 5.74) is 0.674. The van der Waals surface area contributed by atoms with Crippen LogP contribution < -0.4 is 14.8 Å². The smallest absolute Gasteiger partial charge is 0.267 e. The van der Waals surface area contributed by atoms with Gasteiger partial charge in [-0.3, -0.25) is 14.2 Å².